The standard InChI is InChI=1S/C16H13F3N4O3S/c17-16(18,19)26-13-4-1-2-5-14(13)27(24,25)22-11-12-6-7-15(20-10-12)23-9-3-8-21-23/h1-10,22H,11H2. The Morgan fingerprint density at radius 3 is 2.52 bits per heavy atom. The van der Waals surface area contributed by atoms with Crippen molar-refractivity contribution in [1.29, 1.82) is 0 Å². The molecule has 0 amide bonds. The van der Waals surface area contributed by atoms with Crippen molar-refractivity contribution in [2.24, 2.45) is 0 Å². The molecule has 0 aliphatic rings. The van der Waals surface area contributed by atoms with Crippen molar-refractivity contribution in [1.82, 2.24) is 19.5 Å². The predicted octanol–water partition coefficient (Wildman–Crippen LogP) is 2.64. The monoisotopic (exact) mass is 398 g/mol. The van der Waals surface area contributed by atoms with Crippen molar-refractivity contribution < 1.29 is 26.3 Å². The molecule has 0 unspecified atom stereocenters. The molecule has 0 radical (unpaired) electrons. The molecule has 3 rings (SSSR count). The Morgan fingerprint density at radius 2 is 1.89 bits per heavy atom. The third-order valence-corrected chi connectivity index (χ3v) is 4.82. The molecule has 0 saturated heterocycles. The van der Waals surface area contributed by atoms with Gasteiger partial charge in [0.15, 0.2) is 5.82 Å². The maximum absolute atomic E-state index is 12.5. The molecular formula is C16H13F3N4O3S. The molecule has 27 heavy (non-hydrogen) atoms. The summed E-state index contributed by atoms with van der Waals surface area (Å²) in [4.78, 5) is 3.54. The first-order chi connectivity index (χ1) is 12.7. The van der Waals surface area contributed by atoms with Crippen LogP contribution in [0.4, 0.5) is 13.2 Å². The van der Waals surface area contributed by atoms with Crippen molar-refractivity contribution in [2.45, 2.75) is 17.8 Å². The summed E-state index contributed by atoms with van der Waals surface area (Å²) in [5, 5.41) is 4.02. The van der Waals surface area contributed by atoms with Crippen molar-refractivity contribution in [2.75, 3.05) is 0 Å². The van der Waals surface area contributed by atoms with Gasteiger partial charge in [-0.2, -0.15) is 5.10 Å². The van der Waals surface area contributed by atoms with Crippen LogP contribution in [0.5, 0.6) is 5.75 Å². The zero-order valence-electron chi connectivity index (χ0n) is 13.6. The third kappa shape index (κ3) is 4.83. The molecule has 7 nitrogen and oxygen atoms in total. The molecular weight excluding hydrogens is 385 g/mol. The fourth-order valence-electron chi connectivity index (χ4n) is 2.20. The van der Waals surface area contributed by atoms with E-state index in [0.29, 0.717) is 11.4 Å². The van der Waals surface area contributed by atoms with Gasteiger partial charge >= 0.3 is 6.36 Å². The molecule has 0 fully saturated rings. The van der Waals surface area contributed by atoms with Gasteiger partial charge < -0.3 is 4.74 Å². The first-order valence-corrected chi connectivity index (χ1v) is 9.02. The van der Waals surface area contributed by atoms with Gasteiger partial charge in [0.2, 0.25) is 10.0 Å². The topological polar surface area (TPSA) is 86.1 Å². The average Bonchev–Trinajstić information content (AvgIpc) is 3.14. The van der Waals surface area contributed by atoms with E-state index in [4.69, 9.17) is 0 Å². The fourth-order valence-corrected chi connectivity index (χ4v) is 3.34. The van der Waals surface area contributed by atoms with E-state index in [1.165, 1.54) is 23.0 Å². The van der Waals surface area contributed by atoms with E-state index in [2.05, 4.69) is 19.5 Å². The molecule has 142 valence electrons. The average molecular weight is 398 g/mol. The van der Waals surface area contributed by atoms with Crippen molar-refractivity contribution in [3.63, 3.8) is 0 Å². The molecule has 0 atom stereocenters. The second-order valence-corrected chi connectivity index (χ2v) is 7.03. The molecule has 0 bridgehead atoms. The lowest BCUT2D eigenvalue weighted by atomic mass is 10.3. The van der Waals surface area contributed by atoms with Crippen molar-refractivity contribution in [3.05, 3.63) is 66.6 Å². The number of benzene rings is 1. The summed E-state index contributed by atoms with van der Waals surface area (Å²) >= 11 is 0. The number of hydrogen-bond donors (Lipinski definition) is 1. The van der Waals surface area contributed by atoms with E-state index >= 15 is 0 Å². The van der Waals surface area contributed by atoms with Crippen LogP contribution < -0.4 is 9.46 Å². The number of ether oxygens (including phenoxy) is 1. The van der Waals surface area contributed by atoms with Gasteiger partial charge in [-0.15, -0.1) is 13.2 Å². The molecule has 11 heteroatoms. The summed E-state index contributed by atoms with van der Waals surface area (Å²) in [5.74, 6) is -0.264. The summed E-state index contributed by atoms with van der Waals surface area (Å²) in [7, 11) is -4.24. The molecule has 0 saturated carbocycles. The van der Waals surface area contributed by atoms with Crippen LogP contribution >= 0.6 is 0 Å². The van der Waals surface area contributed by atoms with Gasteiger partial charge in [0.05, 0.1) is 0 Å². The molecule has 1 aromatic carbocycles. The summed E-state index contributed by atoms with van der Waals surface area (Å²) in [5.41, 5.74) is 0.517. The van der Waals surface area contributed by atoms with Gasteiger partial charge in [-0.3, -0.25) is 0 Å². The lowest BCUT2D eigenvalue weighted by molar-refractivity contribution is -0.275. The second-order valence-electron chi connectivity index (χ2n) is 5.29. The van der Waals surface area contributed by atoms with Crippen LogP contribution in [-0.2, 0) is 16.6 Å². The maximum atomic E-state index is 12.5. The Balaban J connectivity index is 1.74. The minimum Gasteiger partial charge on any atom is -0.404 e. The Labute approximate surface area is 152 Å². The molecule has 0 aliphatic carbocycles. The van der Waals surface area contributed by atoms with Crippen LogP contribution in [0, 0.1) is 0 Å². The number of hydrogen-bond acceptors (Lipinski definition) is 5. The highest BCUT2D eigenvalue weighted by atomic mass is 32.2. The van der Waals surface area contributed by atoms with E-state index in [-0.39, 0.29) is 6.54 Å². The predicted molar refractivity (Wildman–Crippen MR) is 88.5 cm³/mol. The molecule has 0 aliphatic heterocycles. The summed E-state index contributed by atoms with van der Waals surface area (Å²) < 4.78 is 69.7. The molecule has 2 aromatic heterocycles. The zero-order valence-corrected chi connectivity index (χ0v) is 14.4. The van der Waals surface area contributed by atoms with Crippen molar-refractivity contribution >= 4 is 10.0 Å². The summed E-state index contributed by atoms with van der Waals surface area (Å²) in [6, 6.07) is 9.51. The lowest BCUT2D eigenvalue weighted by Crippen LogP contribution is -2.25. The van der Waals surface area contributed by atoms with E-state index < -0.39 is 27.0 Å². The largest absolute Gasteiger partial charge is 0.573 e. The number of nitrogens with one attached hydrogen (secondary N) is 1. The number of rotatable bonds is 6. The van der Waals surface area contributed by atoms with Gasteiger partial charge in [0.1, 0.15) is 10.6 Å². The van der Waals surface area contributed by atoms with Crippen LogP contribution in [0.25, 0.3) is 5.82 Å². The van der Waals surface area contributed by atoms with Gasteiger partial charge in [-0.1, -0.05) is 18.2 Å². The highest BCUT2D eigenvalue weighted by molar-refractivity contribution is 7.89. The van der Waals surface area contributed by atoms with Crippen LogP contribution in [-0.4, -0.2) is 29.5 Å². The summed E-state index contributed by atoms with van der Waals surface area (Å²) in [6.07, 6.45) is -0.276. The third-order valence-electron chi connectivity index (χ3n) is 3.38. The van der Waals surface area contributed by atoms with Gasteiger partial charge in [0.25, 0.3) is 0 Å². The number of alkyl halides is 3. The van der Waals surface area contributed by atoms with Crippen LogP contribution in [0.2, 0.25) is 0 Å². The van der Waals surface area contributed by atoms with Crippen LogP contribution in [0.3, 0.4) is 0 Å². The van der Waals surface area contributed by atoms with E-state index in [1.807, 2.05) is 0 Å². The van der Waals surface area contributed by atoms with Gasteiger partial charge in [-0.25, -0.2) is 22.8 Å². The Morgan fingerprint density at radius 1 is 1.11 bits per heavy atom. The van der Waals surface area contributed by atoms with Crippen LogP contribution in [0.1, 0.15) is 5.56 Å². The lowest BCUT2D eigenvalue weighted by Gasteiger charge is -2.14. The number of sulfonamides is 1. The fraction of sp³-hybridized carbons (Fsp3) is 0.125. The first kappa shape index (κ1) is 18.9. The van der Waals surface area contributed by atoms with E-state index in [0.717, 1.165) is 12.1 Å². The van der Waals surface area contributed by atoms with E-state index in [9.17, 15) is 21.6 Å². The molecule has 1 N–H and O–H groups in total. The number of halogens is 3. The maximum Gasteiger partial charge on any atom is 0.573 e. The Bertz CT molecular complexity index is 1000. The zero-order chi connectivity index (χ0) is 19.5. The van der Waals surface area contributed by atoms with Gasteiger partial charge in [-0.05, 0) is 29.8 Å². The molecule has 3 aromatic rings. The smallest absolute Gasteiger partial charge is 0.404 e. The quantitative estimate of drug-likeness (QED) is 0.690. The highest BCUT2D eigenvalue weighted by Gasteiger charge is 2.33. The number of pyridine rings is 1. The SMILES string of the molecule is O=S(=O)(NCc1ccc(-n2cccn2)nc1)c1ccccc1OC(F)(F)F. The molecule has 0 spiro atoms. The van der Waals surface area contributed by atoms with Crippen LogP contribution in [0.15, 0.2) is 66.0 Å². The van der Waals surface area contributed by atoms with Crippen molar-refractivity contribution in [3.8, 4) is 11.6 Å². The highest BCUT2D eigenvalue weighted by Crippen LogP contribution is 2.29. The normalized spacial score (nSPS) is 12.1. The molecule has 2 heterocycles. The van der Waals surface area contributed by atoms with Gasteiger partial charge in [0, 0.05) is 25.1 Å². The summed E-state index contributed by atoms with van der Waals surface area (Å²) in [6.45, 7) is -0.158. The minimum atomic E-state index is -5.00. The first-order valence-electron chi connectivity index (χ1n) is 7.54. The number of aromatic nitrogens is 3. The Kier molecular flexibility index (Phi) is 5.15. The minimum absolute atomic E-state index is 0.158. The van der Waals surface area contributed by atoms with E-state index in [1.54, 1.807) is 30.6 Å². The Hall–Kier alpha value is -2.92. The second kappa shape index (κ2) is 7.37. The number of para-hydroxylation sites is 1. The number of nitrogens with zero attached hydrogens (tertiary/aromatic N) is 3.